The Labute approximate surface area is 231 Å². The summed E-state index contributed by atoms with van der Waals surface area (Å²) < 4.78 is 37.7. The number of amides is 2. The molecule has 12 heteroatoms. The van der Waals surface area contributed by atoms with E-state index in [1.165, 1.54) is 37.4 Å². The molecule has 0 aliphatic rings. The summed E-state index contributed by atoms with van der Waals surface area (Å²) in [4.78, 5) is 40.7. The molecule has 3 aromatic rings. The Hall–Kier alpha value is -3.96. The van der Waals surface area contributed by atoms with Gasteiger partial charge >= 0.3 is 5.97 Å². The number of hydrogen-bond donors (Lipinski definition) is 2. The van der Waals surface area contributed by atoms with Gasteiger partial charge in [0.25, 0.3) is 21.8 Å². The molecule has 0 saturated heterocycles. The minimum absolute atomic E-state index is 0.00748. The lowest BCUT2D eigenvalue weighted by Crippen LogP contribution is -2.30. The number of halogens is 1. The molecule has 0 saturated carbocycles. The Morgan fingerprint density at radius 2 is 1.74 bits per heavy atom. The third-order valence-corrected chi connectivity index (χ3v) is 7.37. The van der Waals surface area contributed by atoms with E-state index in [9.17, 15) is 22.8 Å². The van der Waals surface area contributed by atoms with Crippen molar-refractivity contribution in [3.63, 3.8) is 0 Å². The van der Waals surface area contributed by atoms with Crippen molar-refractivity contribution in [2.75, 3.05) is 13.7 Å². The van der Waals surface area contributed by atoms with Crippen molar-refractivity contribution in [1.29, 1.82) is 0 Å². The van der Waals surface area contributed by atoms with Gasteiger partial charge in [-0.15, -0.1) is 0 Å². The molecule has 1 heterocycles. The van der Waals surface area contributed by atoms with Gasteiger partial charge in [0.05, 0.1) is 34.3 Å². The van der Waals surface area contributed by atoms with Gasteiger partial charge in [0.1, 0.15) is 11.4 Å². The number of ether oxygens (including phenoxy) is 2. The summed E-state index contributed by atoms with van der Waals surface area (Å²) in [6.45, 7) is 3.90. The van der Waals surface area contributed by atoms with Gasteiger partial charge in [0.15, 0.2) is 0 Å². The Kier molecular flexibility index (Phi) is 10.0. The lowest BCUT2D eigenvalue weighted by molar-refractivity contribution is 0.0327. The van der Waals surface area contributed by atoms with Gasteiger partial charge in [-0.3, -0.25) is 9.59 Å². The molecule has 1 unspecified atom stereocenters. The van der Waals surface area contributed by atoms with Crippen LogP contribution < -0.4 is 14.8 Å². The van der Waals surface area contributed by atoms with Crippen LogP contribution in [0, 0.1) is 0 Å². The second-order valence-corrected chi connectivity index (χ2v) is 10.6. The van der Waals surface area contributed by atoms with Gasteiger partial charge in [-0.2, -0.15) is 0 Å². The molecule has 0 fully saturated rings. The molecule has 3 rings (SSSR count). The lowest BCUT2D eigenvalue weighted by atomic mass is 10.1. The quantitative estimate of drug-likeness (QED) is 0.330. The Balaban J connectivity index is 1.56. The minimum Gasteiger partial charge on any atom is -0.497 e. The highest BCUT2D eigenvalue weighted by atomic mass is 35.5. The number of sulfonamides is 1. The maximum atomic E-state index is 12.7. The topological polar surface area (TPSA) is 141 Å². The fraction of sp³-hybridized carbons (Fsp3) is 0.259. The maximum absolute atomic E-state index is 12.7. The van der Waals surface area contributed by atoms with Gasteiger partial charge in [-0.1, -0.05) is 30.7 Å². The number of carbonyl (C=O) groups is 3. The van der Waals surface area contributed by atoms with Crippen molar-refractivity contribution in [3.8, 4) is 5.75 Å². The number of hydrogen-bond acceptors (Lipinski definition) is 8. The predicted octanol–water partition coefficient (Wildman–Crippen LogP) is 3.79. The molecular formula is C27H28ClN3O7S. The van der Waals surface area contributed by atoms with Crippen molar-refractivity contribution in [2.45, 2.75) is 37.7 Å². The Morgan fingerprint density at radius 1 is 1.03 bits per heavy atom. The molecule has 1 atom stereocenters. The fourth-order valence-corrected chi connectivity index (χ4v) is 4.45. The zero-order chi connectivity index (χ0) is 28.6. The van der Waals surface area contributed by atoms with Crippen molar-refractivity contribution < 1.29 is 32.3 Å². The molecule has 206 valence electrons. The summed E-state index contributed by atoms with van der Waals surface area (Å²) in [6, 6.07) is 13.2. The highest BCUT2D eigenvalue weighted by Gasteiger charge is 2.20. The lowest BCUT2D eigenvalue weighted by Gasteiger charge is -2.11. The standard InChI is InChI=1S/C27H28ClN3O7S/c1-4-17(2)38-27(34)24-12-7-19(16-30-24)25(32)31-39(35,36)21-9-5-18(6-10-21)13-14-29-26(33)22-15-20(37-3)8-11-23(22)28/h5-12,15-17H,4,13-14H2,1-3H3,(H,29,33)(H,31,32). The second-order valence-electron chi connectivity index (χ2n) is 8.49. The first-order valence-electron chi connectivity index (χ1n) is 12.0. The first-order valence-corrected chi connectivity index (χ1v) is 13.8. The van der Waals surface area contributed by atoms with Crippen LogP contribution in [0.4, 0.5) is 0 Å². The van der Waals surface area contributed by atoms with Crippen LogP contribution in [-0.2, 0) is 21.2 Å². The van der Waals surface area contributed by atoms with E-state index in [4.69, 9.17) is 21.1 Å². The zero-order valence-corrected chi connectivity index (χ0v) is 23.1. The molecule has 2 aromatic carbocycles. The van der Waals surface area contributed by atoms with Crippen LogP contribution in [0.15, 0.2) is 65.7 Å². The summed E-state index contributed by atoms with van der Waals surface area (Å²) >= 11 is 6.09. The first-order chi connectivity index (χ1) is 18.5. The Bertz CT molecular complexity index is 1440. The van der Waals surface area contributed by atoms with Crippen molar-refractivity contribution in [3.05, 3.63) is 88.2 Å². The third kappa shape index (κ3) is 8.01. The van der Waals surface area contributed by atoms with Gasteiger partial charge < -0.3 is 14.8 Å². The summed E-state index contributed by atoms with van der Waals surface area (Å²) in [5.74, 6) is -1.39. The molecule has 0 aliphatic heterocycles. The van der Waals surface area contributed by atoms with E-state index in [0.717, 1.165) is 11.8 Å². The van der Waals surface area contributed by atoms with E-state index < -0.39 is 21.9 Å². The molecule has 10 nitrogen and oxygen atoms in total. The molecule has 2 amide bonds. The van der Waals surface area contributed by atoms with E-state index in [0.29, 0.717) is 23.6 Å². The number of methoxy groups -OCH3 is 1. The van der Waals surface area contributed by atoms with Crippen LogP contribution in [0.1, 0.15) is 57.0 Å². The van der Waals surface area contributed by atoms with Gasteiger partial charge in [0.2, 0.25) is 0 Å². The number of nitrogens with one attached hydrogen (secondary N) is 2. The second kappa shape index (κ2) is 13.2. The van der Waals surface area contributed by atoms with E-state index in [1.54, 1.807) is 31.2 Å². The molecule has 0 radical (unpaired) electrons. The molecular weight excluding hydrogens is 546 g/mol. The number of benzene rings is 2. The third-order valence-electron chi connectivity index (χ3n) is 5.70. The van der Waals surface area contributed by atoms with Crippen LogP contribution in [0.25, 0.3) is 0 Å². The van der Waals surface area contributed by atoms with Gasteiger partial charge in [-0.25, -0.2) is 22.9 Å². The van der Waals surface area contributed by atoms with Crippen molar-refractivity contribution in [2.24, 2.45) is 0 Å². The van der Waals surface area contributed by atoms with E-state index in [-0.39, 0.29) is 40.3 Å². The van der Waals surface area contributed by atoms with E-state index in [2.05, 4.69) is 10.3 Å². The smallest absolute Gasteiger partial charge is 0.357 e. The number of aromatic nitrogens is 1. The largest absolute Gasteiger partial charge is 0.497 e. The van der Waals surface area contributed by atoms with Crippen molar-refractivity contribution in [1.82, 2.24) is 15.0 Å². The fourth-order valence-electron chi connectivity index (χ4n) is 3.27. The zero-order valence-electron chi connectivity index (χ0n) is 21.6. The van der Waals surface area contributed by atoms with Gasteiger partial charge in [-0.05, 0) is 67.8 Å². The summed E-state index contributed by atoms with van der Waals surface area (Å²) in [5, 5.41) is 3.05. The number of pyridine rings is 1. The predicted molar refractivity (Wildman–Crippen MR) is 145 cm³/mol. The molecule has 2 N–H and O–H groups in total. The van der Waals surface area contributed by atoms with Crippen LogP contribution in [0.3, 0.4) is 0 Å². The highest BCUT2D eigenvalue weighted by Crippen LogP contribution is 2.22. The monoisotopic (exact) mass is 573 g/mol. The average molecular weight is 574 g/mol. The summed E-state index contributed by atoms with van der Waals surface area (Å²) in [6.07, 6.45) is 1.89. The molecule has 39 heavy (non-hydrogen) atoms. The van der Waals surface area contributed by atoms with Crippen molar-refractivity contribution >= 4 is 39.4 Å². The number of nitrogens with zero attached hydrogens (tertiary/aromatic N) is 1. The van der Waals surface area contributed by atoms with Crippen LogP contribution in [0.2, 0.25) is 5.02 Å². The van der Waals surface area contributed by atoms with Crippen LogP contribution in [0.5, 0.6) is 5.75 Å². The maximum Gasteiger partial charge on any atom is 0.357 e. The molecule has 1 aromatic heterocycles. The Morgan fingerprint density at radius 3 is 2.36 bits per heavy atom. The first kappa shape index (κ1) is 29.6. The number of esters is 1. The van der Waals surface area contributed by atoms with E-state index in [1.807, 2.05) is 11.6 Å². The summed E-state index contributed by atoms with van der Waals surface area (Å²) in [7, 11) is -2.68. The minimum atomic E-state index is -4.17. The van der Waals surface area contributed by atoms with Gasteiger partial charge in [0, 0.05) is 12.7 Å². The average Bonchev–Trinajstić information content (AvgIpc) is 2.93. The van der Waals surface area contributed by atoms with E-state index >= 15 is 0 Å². The van der Waals surface area contributed by atoms with Crippen LogP contribution in [-0.4, -0.2) is 50.9 Å². The number of carbonyl (C=O) groups excluding carboxylic acids is 3. The summed E-state index contributed by atoms with van der Waals surface area (Å²) in [5.41, 5.74) is 1.01. The molecule has 0 bridgehead atoms. The highest BCUT2D eigenvalue weighted by molar-refractivity contribution is 7.90. The number of rotatable bonds is 11. The molecule has 0 spiro atoms. The van der Waals surface area contributed by atoms with Crippen LogP contribution >= 0.6 is 11.6 Å². The SMILES string of the molecule is CCC(C)OC(=O)c1ccc(C(=O)NS(=O)(=O)c2ccc(CCNC(=O)c3cc(OC)ccc3Cl)cc2)cn1. The molecule has 0 aliphatic carbocycles. The normalized spacial score (nSPS) is 11.8.